The number of methoxy groups -OCH3 is 1. The number of piperidine rings is 1. The van der Waals surface area contributed by atoms with Crippen LogP contribution in [0.15, 0.2) is 47.4 Å². The number of nitrogens with zero attached hydrogens (tertiary/aromatic N) is 1. The first kappa shape index (κ1) is 24.6. The Bertz CT molecular complexity index is 1050. The lowest BCUT2D eigenvalue weighted by molar-refractivity contribution is -0.126. The van der Waals surface area contributed by atoms with Crippen molar-refractivity contribution in [3.05, 3.63) is 58.6 Å². The van der Waals surface area contributed by atoms with Crippen molar-refractivity contribution < 1.29 is 17.9 Å². The van der Waals surface area contributed by atoms with Gasteiger partial charge in [-0.25, -0.2) is 8.42 Å². The molecule has 1 saturated heterocycles. The summed E-state index contributed by atoms with van der Waals surface area (Å²) in [6.45, 7) is 6.56. The molecule has 0 aromatic heterocycles. The normalized spacial score (nSPS) is 16.7. The standard InChI is InChI=1S/C24H31ClN2O4S/c1-16(2)20-7-10-22(31-4)23(15-20)32(29,30)27-13-11-19(12-14-27)24(28)26-17(3)18-5-8-21(25)9-6-18/h5-10,15-17,19H,11-14H2,1-4H3,(H,26,28)/t17-/m1/s1. The molecule has 1 heterocycles. The summed E-state index contributed by atoms with van der Waals surface area (Å²) in [6.07, 6.45) is 0.954. The number of carbonyl (C=O) groups excluding carboxylic acids is 1. The van der Waals surface area contributed by atoms with E-state index in [-0.39, 0.29) is 28.7 Å². The molecular formula is C24H31ClN2O4S. The van der Waals surface area contributed by atoms with E-state index < -0.39 is 10.0 Å². The van der Waals surface area contributed by atoms with Crippen LogP contribution in [-0.2, 0) is 14.8 Å². The monoisotopic (exact) mass is 478 g/mol. The maximum atomic E-state index is 13.3. The largest absolute Gasteiger partial charge is 0.495 e. The molecule has 6 nitrogen and oxygen atoms in total. The molecule has 1 N–H and O–H groups in total. The van der Waals surface area contributed by atoms with Gasteiger partial charge >= 0.3 is 0 Å². The molecule has 0 spiro atoms. The number of ether oxygens (including phenoxy) is 1. The van der Waals surface area contributed by atoms with Crippen LogP contribution in [0.3, 0.4) is 0 Å². The summed E-state index contributed by atoms with van der Waals surface area (Å²) in [5, 5.41) is 3.69. The molecule has 0 bridgehead atoms. The number of rotatable bonds is 7. The highest BCUT2D eigenvalue weighted by Gasteiger charge is 2.34. The zero-order valence-corrected chi connectivity index (χ0v) is 20.5. The SMILES string of the molecule is COc1ccc(C(C)C)cc1S(=O)(=O)N1CCC(C(=O)N[C@H](C)c2ccc(Cl)cc2)CC1. The number of sulfonamides is 1. The summed E-state index contributed by atoms with van der Waals surface area (Å²) in [5.74, 6) is 0.266. The first-order valence-electron chi connectivity index (χ1n) is 10.9. The van der Waals surface area contributed by atoms with Crippen molar-refractivity contribution in [1.82, 2.24) is 9.62 Å². The van der Waals surface area contributed by atoms with Gasteiger partial charge in [-0.2, -0.15) is 4.31 Å². The molecule has 32 heavy (non-hydrogen) atoms. The number of nitrogens with one attached hydrogen (secondary N) is 1. The number of benzene rings is 2. The van der Waals surface area contributed by atoms with Gasteiger partial charge in [-0.3, -0.25) is 4.79 Å². The van der Waals surface area contributed by atoms with Crippen LogP contribution in [0.4, 0.5) is 0 Å². The molecule has 3 rings (SSSR count). The van der Waals surface area contributed by atoms with E-state index in [0.717, 1.165) is 11.1 Å². The van der Waals surface area contributed by atoms with Gasteiger partial charge < -0.3 is 10.1 Å². The lowest BCUT2D eigenvalue weighted by Gasteiger charge is -2.31. The number of hydrogen-bond donors (Lipinski definition) is 1. The van der Waals surface area contributed by atoms with Gasteiger partial charge in [-0.05, 0) is 61.1 Å². The van der Waals surface area contributed by atoms with Crippen molar-refractivity contribution in [2.75, 3.05) is 20.2 Å². The first-order chi connectivity index (χ1) is 15.1. The summed E-state index contributed by atoms with van der Waals surface area (Å²) < 4.78 is 33.5. The molecular weight excluding hydrogens is 448 g/mol. The van der Waals surface area contributed by atoms with E-state index in [1.165, 1.54) is 11.4 Å². The zero-order valence-electron chi connectivity index (χ0n) is 19.0. The van der Waals surface area contributed by atoms with Crippen LogP contribution in [0.25, 0.3) is 0 Å². The Kier molecular flexibility index (Phi) is 7.85. The Morgan fingerprint density at radius 1 is 1.06 bits per heavy atom. The van der Waals surface area contributed by atoms with Gasteiger partial charge in [0.25, 0.3) is 0 Å². The number of halogens is 1. The average Bonchev–Trinajstić information content (AvgIpc) is 2.79. The van der Waals surface area contributed by atoms with E-state index in [0.29, 0.717) is 36.7 Å². The molecule has 1 aliphatic heterocycles. The summed E-state index contributed by atoms with van der Waals surface area (Å²) in [4.78, 5) is 13.0. The Morgan fingerprint density at radius 3 is 2.22 bits per heavy atom. The summed E-state index contributed by atoms with van der Waals surface area (Å²) >= 11 is 5.93. The number of amides is 1. The molecule has 8 heteroatoms. The highest BCUT2D eigenvalue weighted by molar-refractivity contribution is 7.89. The molecule has 1 fully saturated rings. The number of hydrogen-bond acceptors (Lipinski definition) is 4. The highest BCUT2D eigenvalue weighted by Crippen LogP contribution is 2.32. The molecule has 0 aliphatic carbocycles. The minimum absolute atomic E-state index is 0.0520. The summed E-state index contributed by atoms with van der Waals surface area (Å²) in [5.41, 5.74) is 1.91. The van der Waals surface area contributed by atoms with Gasteiger partial charge in [-0.1, -0.05) is 43.6 Å². The van der Waals surface area contributed by atoms with Crippen LogP contribution < -0.4 is 10.1 Å². The molecule has 174 valence electrons. The van der Waals surface area contributed by atoms with Crippen LogP contribution >= 0.6 is 11.6 Å². The van der Waals surface area contributed by atoms with E-state index >= 15 is 0 Å². The van der Waals surface area contributed by atoms with E-state index in [1.54, 1.807) is 24.3 Å². The zero-order chi connectivity index (χ0) is 23.5. The van der Waals surface area contributed by atoms with Gasteiger partial charge in [0.15, 0.2) is 0 Å². The number of carbonyl (C=O) groups is 1. The van der Waals surface area contributed by atoms with Crippen LogP contribution in [0.1, 0.15) is 56.7 Å². The minimum atomic E-state index is -3.72. The predicted octanol–water partition coefficient (Wildman–Crippen LogP) is 4.75. The van der Waals surface area contributed by atoms with Gasteiger partial charge in [-0.15, -0.1) is 0 Å². The van der Waals surface area contributed by atoms with Gasteiger partial charge in [0.2, 0.25) is 15.9 Å². The maximum absolute atomic E-state index is 13.3. The van der Waals surface area contributed by atoms with E-state index in [2.05, 4.69) is 5.32 Å². The van der Waals surface area contributed by atoms with E-state index in [9.17, 15) is 13.2 Å². The Labute approximate surface area is 196 Å². The molecule has 0 unspecified atom stereocenters. The third-order valence-electron chi connectivity index (χ3n) is 6.03. The maximum Gasteiger partial charge on any atom is 0.246 e. The lowest BCUT2D eigenvalue weighted by Crippen LogP contribution is -2.43. The lowest BCUT2D eigenvalue weighted by atomic mass is 9.96. The van der Waals surface area contributed by atoms with E-state index in [1.807, 2.05) is 39.0 Å². The second-order valence-electron chi connectivity index (χ2n) is 8.53. The fourth-order valence-electron chi connectivity index (χ4n) is 3.92. The minimum Gasteiger partial charge on any atom is -0.495 e. The average molecular weight is 479 g/mol. The molecule has 2 aromatic rings. The van der Waals surface area contributed by atoms with Crippen molar-refractivity contribution >= 4 is 27.5 Å². The van der Waals surface area contributed by atoms with Gasteiger partial charge in [0.05, 0.1) is 13.2 Å². The topological polar surface area (TPSA) is 75.7 Å². The van der Waals surface area contributed by atoms with Crippen molar-refractivity contribution in [3.63, 3.8) is 0 Å². The molecule has 1 aliphatic rings. The summed E-state index contributed by atoms with van der Waals surface area (Å²) in [7, 11) is -2.24. The fraction of sp³-hybridized carbons (Fsp3) is 0.458. The second-order valence-corrected chi connectivity index (χ2v) is 10.9. The Hall–Kier alpha value is -2.09. The van der Waals surface area contributed by atoms with Crippen molar-refractivity contribution in [3.8, 4) is 5.75 Å². The van der Waals surface area contributed by atoms with Crippen LogP contribution in [0.5, 0.6) is 5.75 Å². The fourth-order valence-corrected chi connectivity index (χ4v) is 5.70. The van der Waals surface area contributed by atoms with Crippen LogP contribution in [0, 0.1) is 5.92 Å². The van der Waals surface area contributed by atoms with Crippen LogP contribution in [-0.4, -0.2) is 38.8 Å². The molecule has 2 aromatic carbocycles. The van der Waals surface area contributed by atoms with Crippen LogP contribution in [0.2, 0.25) is 5.02 Å². The third-order valence-corrected chi connectivity index (χ3v) is 8.20. The first-order valence-corrected chi connectivity index (χ1v) is 12.7. The summed E-state index contributed by atoms with van der Waals surface area (Å²) in [6, 6.07) is 12.5. The van der Waals surface area contributed by atoms with Gasteiger partial charge in [0, 0.05) is 24.0 Å². The van der Waals surface area contributed by atoms with Crippen molar-refractivity contribution in [1.29, 1.82) is 0 Å². The molecule has 1 amide bonds. The van der Waals surface area contributed by atoms with Crippen molar-refractivity contribution in [2.24, 2.45) is 5.92 Å². The van der Waals surface area contributed by atoms with E-state index in [4.69, 9.17) is 16.3 Å². The quantitative estimate of drug-likeness (QED) is 0.623. The Morgan fingerprint density at radius 2 is 1.66 bits per heavy atom. The molecule has 0 saturated carbocycles. The molecule has 1 atom stereocenters. The third kappa shape index (κ3) is 5.45. The van der Waals surface area contributed by atoms with Crippen molar-refractivity contribution in [2.45, 2.75) is 50.5 Å². The Balaban J connectivity index is 1.66. The highest BCUT2D eigenvalue weighted by atomic mass is 35.5. The smallest absolute Gasteiger partial charge is 0.246 e. The predicted molar refractivity (Wildman–Crippen MR) is 127 cm³/mol. The second kappa shape index (κ2) is 10.2. The molecule has 0 radical (unpaired) electrons. The van der Waals surface area contributed by atoms with Gasteiger partial charge in [0.1, 0.15) is 10.6 Å².